The fourth-order valence-corrected chi connectivity index (χ4v) is 12.5. The third-order valence-electron chi connectivity index (χ3n) is 16.0. The molecule has 5 heterocycles. The number of fused-ring (bicyclic) bond motifs is 1. The first-order valence-electron chi connectivity index (χ1n) is 25.0. The van der Waals surface area contributed by atoms with E-state index in [2.05, 4.69) is 77.8 Å². The Kier molecular flexibility index (Phi) is 13.2. The second-order valence-electron chi connectivity index (χ2n) is 21.2. The number of methoxy groups -OCH3 is 1. The smallest absolute Gasteiger partial charge is 0.312 e. The molecule has 3 saturated carbocycles. The lowest BCUT2D eigenvalue weighted by Gasteiger charge is -2.58. The summed E-state index contributed by atoms with van der Waals surface area (Å²) in [6, 6.07) is 17.8. The monoisotopic (exact) mass is 993 g/mol. The molecule has 1 spiro atoms. The molecule has 1 atom stereocenters. The maximum atomic E-state index is 14.9. The fourth-order valence-electron chi connectivity index (χ4n) is 11.6. The van der Waals surface area contributed by atoms with Gasteiger partial charge in [0.15, 0.2) is 5.75 Å². The molecule has 71 heavy (non-hydrogen) atoms. The minimum atomic E-state index is -4.73. The first-order chi connectivity index (χ1) is 34.0. The number of sulfonamides is 1. The van der Waals surface area contributed by atoms with Gasteiger partial charge in [-0.2, -0.15) is 4.98 Å². The summed E-state index contributed by atoms with van der Waals surface area (Å²) in [5.74, 6) is -1.24. The van der Waals surface area contributed by atoms with Crippen molar-refractivity contribution in [2.24, 2.45) is 11.3 Å². The number of hydrogen-bond donors (Lipinski definition) is 4. The first kappa shape index (κ1) is 48.7. The van der Waals surface area contributed by atoms with Crippen molar-refractivity contribution in [1.82, 2.24) is 29.5 Å². The summed E-state index contributed by atoms with van der Waals surface area (Å²) < 4.78 is 56.5. The lowest BCUT2D eigenvalue weighted by atomic mass is 9.59. The van der Waals surface area contributed by atoms with Crippen LogP contribution in [0.1, 0.15) is 118 Å². The van der Waals surface area contributed by atoms with Crippen LogP contribution in [0.3, 0.4) is 0 Å². The number of aromatic nitrogens is 3. The molecule has 378 valence electrons. The van der Waals surface area contributed by atoms with Crippen molar-refractivity contribution in [3.05, 3.63) is 99.6 Å². The predicted molar refractivity (Wildman–Crippen MR) is 267 cm³/mol. The normalized spacial score (nSPS) is 23.2. The molecule has 5 aromatic rings. The van der Waals surface area contributed by atoms with Gasteiger partial charge in [0.2, 0.25) is 5.82 Å². The number of nitrogens with one attached hydrogen (secondary N) is 3. The average Bonchev–Trinajstić information content (AvgIpc) is 4.14. The highest BCUT2D eigenvalue weighted by molar-refractivity contribution is 7.90. The number of nitrogens with zero attached hydrogens (tertiary/aromatic N) is 6. The highest BCUT2D eigenvalue weighted by Gasteiger charge is 2.51. The summed E-state index contributed by atoms with van der Waals surface area (Å²) in [4.78, 5) is 44.0. The molecule has 3 aromatic heterocycles. The number of aromatic amines is 1. The number of hydrogen-bond acceptors (Lipinski definition) is 14. The lowest BCUT2D eigenvalue weighted by Crippen LogP contribution is -2.60. The zero-order chi connectivity index (χ0) is 49.8. The molecule has 17 nitrogen and oxygen atoms in total. The Labute approximate surface area is 413 Å². The van der Waals surface area contributed by atoms with Crippen LogP contribution < -0.4 is 24.4 Å². The van der Waals surface area contributed by atoms with E-state index in [1.807, 2.05) is 0 Å². The van der Waals surface area contributed by atoms with E-state index in [9.17, 15) is 32.8 Å². The van der Waals surface area contributed by atoms with Gasteiger partial charge in [-0.3, -0.25) is 24.7 Å². The number of pyridine rings is 2. The zero-order valence-electron chi connectivity index (χ0n) is 40.8. The quantitative estimate of drug-likeness (QED) is 0.0572. The van der Waals surface area contributed by atoms with Gasteiger partial charge < -0.3 is 29.8 Å². The van der Waals surface area contributed by atoms with Crippen molar-refractivity contribution in [3.8, 4) is 17.4 Å². The van der Waals surface area contributed by atoms with Crippen LogP contribution in [0, 0.1) is 27.3 Å². The molecule has 1 amide bonds. The van der Waals surface area contributed by atoms with E-state index < -0.39 is 42.9 Å². The molecule has 0 unspecified atom stereocenters. The maximum Gasteiger partial charge on any atom is 0.312 e. The minimum absolute atomic E-state index is 0.00508. The molecule has 19 heteroatoms. The number of carbonyl (C=O) groups excluding carboxylic acids is 1. The average molecular weight is 994 g/mol. The van der Waals surface area contributed by atoms with Crippen molar-refractivity contribution in [3.63, 3.8) is 0 Å². The number of amides is 1. The number of ether oxygens (including phenoxy) is 2. The Morgan fingerprint density at radius 2 is 1.75 bits per heavy atom. The van der Waals surface area contributed by atoms with E-state index in [-0.39, 0.29) is 51.1 Å². The highest BCUT2D eigenvalue weighted by atomic mass is 32.2. The molecular formula is C52H64FN9O8S. The number of aliphatic hydroxyl groups is 1. The van der Waals surface area contributed by atoms with Gasteiger partial charge in [-0.05, 0) is 112 Å². The largest absolute Gasteiger partial charge is 0.478 e. The number of benzene rings is 2. The van der Waals surface area contributed by atoms with E-state index in [0.717, 1.165) is 88.6 Å². The van der Waals surface area contributed by atoms with Gasteiger partial charge in [0.25, 0.3) is 21.8 Å². The number of anilines is 2. The van der Waals surface area contributed by atoms with Crippen molar-refractivity contribution < 1.29 is 37.1 Å². The van der Waals surface area contributed by atoms with Crippen LogP contribution >= 0.6 is 0 Å². The van der Waals surface area contributed by atoms with Crippen LogP contribution in [-0.4, -0.2) is 113 Å². The molecule has 10 rings (SSSR count). The number of piperazine rings is 1. The summed E-state index contributed by atoms with van der Waals surface area (Å²) in [6.45, 7) is 11.5. The molecule has 0 bridgehead atoms. The van der Waals surface area contributed by atoms with Gasteiger partial charge in [0, 0.05) is 87.5 Å². The minimum Gasteiger partial charge on any atom is -0.478 e. The summed E-state index contributed by atoms with van der Waals surface area (Å²) >= 11 is 0. The summed E-state index contributed by atoms with van der Waals surface area (Å²) in [5.41, 5.74) is 2.59. The van der Waals surface area contributed by atoms with E-state index in [0.29, 0.717) is 50.2 Å². The third kappa shape index (κ3) is 10.1. The summed E-state index contributed by atoms with van der Waals surface area (Å²) in [7, 11) is -3.35. The topological polar surface area (TPSA) is 208 Å². The molecule has 2 aliphatic heterocycles. The molecule has 2 aromatic carbocycles. The number of piperidine rings is 1. The molecule has 3 aliphatic carbocycles. The fraction of sp³-hybridized carbons (Fsp3) is 0.519. The Balaban J connectivity index is 0.864. The Hall–Kier alpha value is -5.89. The van der Waals surface area contributed by atoms with Gasteiger partial charge in [-0.25, -0.2) is 22.5 Å². The van der Waals surface area contributed by atoms with Gasteiger partial charge in [-0.15, -0.1) is 0 Å². The summed E-state index contributed by atoms with van der Waals surface area (Å²) in [6.07, 6.45) is 11.6. The maximum absolute atomic E-state index is 14.9. The van der Waals surface area contributed by atoms with E-state index in [4.69, 9.17) is 9.47 Å². The standard InChI is InChI=1S/C52H64FN9O8S/c1-32(2)38-7-5-6-8-39(38)44-31-60(34-9-10-34)21-22-61(44)36-26-52(27-36)17-19-59(20-18-52)35-11-12-40(45(23-35)70-46-25-41-42(53)30-56-47(41)57-50(46)69-4)49(63)58-71(67,68)37-24-43(62(65)66)48(55-29-37)54-28-33-13-15-51(3,64)16-14-33/h5-8,11-12,23-25,29-30,32-34,36,44,64H,9-10,13-22,26-28,31H2,1-4H3,(H,54,55)(H,56,57)(H,58,63)/t33?,44-,51?/m0/s1. The lowest BCUT2D eigenvalue weighted by molar-refractivity contribution is -0.384. The number of H-pyrrole nitrogens is 1. The van der Waals surface area contributed by atoms with Crippen LogP contribution in [0.5, 0.6) is 17.4 Å². The Bertz CT molecular complexity index is 2920. The van der Waals surface area contributed by atoms with Crippen LogP contribution in [-0.2, 0) is 10.0 Å². The third-order valence-corrected chi connectivity index (χ3v) is 17.3. The number of carbonyl (C=O) groups is 1. The van der Waals surface area contributed by atoms with Gasteiger partial charge in [-0.1, -0.05) is 38.1 Å². The molecule has 0 radical (unpaired) electrons. The Morgan fingerprint density at radius 1 is 1.00 bits per heavy atom. The van der Waals surface area contributed by atoms with E-state index in [1.165, 1.54) is 43.2 Å². The predicted octanol–water partition coefficient (Wildman–Crippen LogP) is 8.67. The van der Waals surface area contributed by atoms with Gasteiger partial charge in [0.05, 0.1) is 34.8 Å². The number of halogens is 1. The van der Waals surface area contributed by atoms with Crippen molar-refractivity contribution >= 4 is 44.2 Å². The van der Waals surface area contributed by atoms with Crippen LogP contribution in [0.2, 0.25) is 0 Å². The van der Waals surface area contributed by atoms with Crippen molar-refractivity contribution in [1.29, 1.82) is 0 Å². The van der Waals surface area contributed by atoms with Gasteiger partial charge >= 0.3 is 5.69 Å². The van der Waals surface area contributed by atoms with E-state index >= 15 is 0 Å². The second-order valence-corrected chi connectivity index (χ2v) is 22.9. The van der Waals surface area contributed by atoms with Crippen molar-refractivity contribution in [2.75, 3.05) is 56.6 Å². The van der Waals surface area contributed by atoms with E-state index in [1.54, 1.807) is 19.1 Å². The highest BCUT2D eigenvalue weighted by Crippen LogP contribution is 2.54. The molecule has 5 aliphatic rings. The number of rotatable bonds is 15. The second kappa shape index (κ2) is 19.3. The SMILES string of the molecule is COc1nc2[nH]cc(F)c2cc1Oc1cc(N2CCC3(CC2)CC(N2CCN(C4CC4)C[C@H]2c2ccccc2C(C)C)C3)ccc1C(=O)NS(=O)(=O)c1cnc(NCC2CCC(C)(O)CC2)c([N+](=O)[O-])c1. The van der Waals surface area contributed by atoms with Crippen molar-refractivity contribution in [2.45, 2.75) is 120 Å². The molecule has 5 fully saturated rings. The van der Waals surface area contributed by atoms with Crippen LogP contribution in [0.25, 0.3) is 11.0 Å². The molecule has 2 saturated heterocycles. The van der Waals surface area contributed by atoms with Gasteiger partial charge in [0.1, 0.15) is 22.1 Å². The summed E-state index contributed by atoms with van der Waals surface area (Å²) in [5, 5.41) is 25.6. The zero-order valence-corrected chi connectivity index (χ0v) is 41.6. The molecule has 4 N–H and O–H groups in total. The van der Waals surface area contributed by atoms with Crippen LogP contribution in [0.4, 0.5) is 21.6 Å². The number of nitro groups is 1. The van der Waals surface area contributed by atoms with Crippen LogP contribution in [0.15, 0.2) is 71.9 Å². The Morgan fingerprint density at radius 3 is 2.45 bits per heavy atom. The molecular weight excluding hydrogens is 930 g/mol. The first-order valence-corrected chi connectivity index (χ1v) is 26.5.